The summed E-state index contributed by atoms with van der Waals surface area (Å²) in [4.78, 5) is 11.7. The molecule has 0 radical (unpaired) electrons. The Morgan fingerprint density at radius 3 is 2.89 bits per heavy atom. The normalized spacial score (nSPS) is 10.5. The Bertz CT molecular complexity index is 600. The molecule has 7 heteroatoms. The maximum Gasteiger partial charge on any atom is 0.361 e. The fourth-order valence-corrected chi connectivity index (χ4v) is 2.03. The van der Waals surface area contributed by atoms with Crippen molar-refractivity contribution in [1.82, 2.24) is 15.4 Å². The van der Waals surface area contributed by atoms with Crippen LogP contribution < -0.4 is 0 Å². The van der Waals surface area contributed by atoms with E-state index in [-0.39, 0.29) is 23.8 Å². The van der Waals surface area contributed by atoms with Gasteiger partial charge in [0.2, 0.25) is 0 Å². The molecule has 2 aromatic rings. The van der Waals surface area contributed by atoms with Gasteiger partial charge in [0, 0.05) is 10.9 Å². The van der Waals surface area contributed by atoms with E-state index in [9.17, 15) is 9.18 Å². The van der Waals surface area contributed by atoms with E-state index in [2.05, 4.69) is 31.3 Å². The molecule has 2 rings (SSSR count). The molecule has 0 amide bonds. The summed E-state index contributed by atoms with van der Waals surface area (Å²) in [5, 5.41) is 10.4. The molecule has 1 heterocycles. The van der Waals surface area contributed by atoms with Crippen LogP contribution in [0.2, 0.25) is 0 Å². The lowest BCUT2D eigenvalue weighted by atomic mass is 10.1. The predicted octanol–water partition coefficient (Wildman–Crippen LogP) is 2.68. The second-order valence-corrected chi connectivity index (χ2v) is 4.24. The Morgan fingerprint density at radius 1 is 1.47 bits per heavy atom. The van der Waals surface area contributed by atoms with Crippen LogP contribution in [0.4, 0.5) is 4.39 Å². The van der Waals surface area contributed by atoms with E-state index in [4.69, 9.17) is 4.74 Å². The van der Waals surface area contributed by atoms with Gasteiger partial charge >= 0.3 is 5.97 Å². The number of ether oxygens (including phenoxy) is 1. The van der Waals surface area contributed by atoms with Crippen molar-refractivity contribution in [3.8, 4) is 11.3 Å². The second kappa shape index (κ2) is 5.92. The number of H-pyrrole nitrogens is 1. The minimum absolute atomic E-state index is 0.0489. The molecule has 1 aromatic heterocycles. The molecule has 0 fully saturated rings. The van der Waals surface area contributed by atoms with Crippen LogP contribution in [0.25, 0.3) is 11.3 Å². The molecule has 0 spiro atoms. The lowest BCUT2D eigenvalue weighted by molar-refractivity contribution is 0.0520. The fourth-order valence-electron chi connectivity index (χ4n) is 1.58. The minimum atomic E-state index is -0.587. The SMILES string of the molecule is CCOC(=O)c1n[nH]nc1-c1ccc(CBr)c(F)c1. The summed E-state index contributed by atoms with van der Waals surface area (Å²) in [6.07, 6.45) is 0. The van der Waals surface area contributed by atoms with Crippen LogP contribution in [0.15, 0.2) is 18.2 Å². The molecule has 0 bridgehead atoms. The van der Waals surface area contributed by atoms with E-state index in [0.717, 1.165) is 0 Å². The number of nitrogens with one attached hydrogen (secondary N) is 1. The van der Waals surface area contributed by atoms with Crippen molar-refractivity contribution in [2.75, 3.05) is 6.61 Å². The number of benzene rings is 1. The van der Waals surface area contributed by atoms with Crippen molar-refractivity contribution in [3.05, 3.63) is 35.3 Å². The zero-order valence-electron chi connectivity index (χ0n) is 10.1. The van der Waals surface area contributed by atoms with Gasteiger partial charge in [0.15, 0.2) is 5.69 Å². The molecule has 0 saturated carbocycles. The van der Waals surface area contributed by atoms with Crippen LogP contribution in [0.1, 0.15) is 23.0 Å². The second-order valence-electron chi connectivity index (χ2n) is 3.68. The maximum absolute atomic E-state index is 13.7. The first-order valence-corrected chi connectivity index (χ1v) is 6.72. The van der Waals surface area contributed by atoms with E-state index >= 15 is 0 Å². The van der Waals surface area contributed by atoms with Crippen molar-refractivity contribution in [1.29, 1.82) is 0 Å². The van der Waals surface area contributed by atoms with Crippen molar-refractivity contribution >= 4 is 21.9 Å². The topological polar surface area (TPSA) is 67.9 Å². The van der Waals surface area contributed by atoms with E-state index in [0.29, 0.717) is 16.5 Å². The molecule has 100 valence electrons. The van der Waals surface area contributed by atoms with Crippen molar-refractivity contribution in [2.45, 2.75) is 12.3 Å². The monoisotopic (exact) mass is 327 g/mol. The molecule has 19 heavy (non-hydrogen) atoms. The van der Waals surface area contributed by atoms with Gasteiger partial charge in [-0.3, -0.25) is 0 Å². The van der Waals surface area contributed by atoms with Crippen molar-refractivity contribution in [2.24, 2.45) is 0 Å². The van der Waals surface area contributed by atoms with Crippen molar-refractivity contribution < 1.29 is 13.9 Å². The van der Waals surface area contributed by atoms with Gasteiger partial charge in [-0.05, 0) is 18.6 Å². The Labute approximate surface area is 117 Å². The van der Waals surface area contributed by atoms with Gasteiger partial charge in [-0.1, -0.05) is 28.1 Å². The number of rotatable bonds is 4. The summed E-state index contributed by atoms with van der Waals surface area (Å²) in [6.45, 7) is 1.93. The average molecular weight is 328 g/mol. The molecule has 0 unspecified atom stereocenters. The van der Waals surface area contributed by atoms with E-state index < -0.39 is 5.97 Å². The molecule has 0 aliphatic carbocycles. The summed E-state index contributed by atoms with van der Waals surface area (Å²) >= 11 is 3.19. The van der Waals surface area contributed by atoms with Gasteiger partial charge in [0.1, 0.15) is 11.5 Å². The molecule has 0 aliphatic heterocycles. The molecule has 0 atom stereocenters. The molecule has 0 aliphatic rings. The first-order valence-electron chi connectivity index (χ1n) is 5.60. The molecule has 1 aromatic carbocycles. The highest BCUT2D eigenvalue weighted by Crippen LogP contribution is 2.23. The Morgan fingerprint density at radius 2 is 2.26 bits per heavy atom. The average Bonchev–Trinajstić information content (AvgIpc) is 2.88. The predicted molar refractivity (Wildman–Crippen MR) is 70.4 cm³/mol. The highest BCUT2D eigenvalue weighted by Gasteiger charge is 2.19. The number of hydrogen-bond donors (Lipinski definition) is 1. The summed E-state index contributed by atoms with van der Waals surface area (Å²) in [6, 6.07) is 4.63. The first-order chi connectivity index (χ1) is 9.17. The van der Waals surface area contributed by atoms with E-state index in [1.807, 2.05) is 0 Å². The fraction of sp³-hybridized carbons (Fsp3) is 0.250. The first kappa shape index (κ1) is 13.7. The number of esters is 1. The highest BCUT2D eigenvalue weighted by molar-refractivity contribution is 9.08. The van der Waals surface area contributed by atoms with E-state index in [1.54, 1.807) is 19.1 Å². The lowest BCUT2D eigenvalue weighted by Gasteiger charge is -2.03. The van der Waals surface area contributed by atoms with Crippen LogP contribution in [0.3, 0.4) is 0 Å². The standard InChI is InChI=1S/C12H11BrFN3O2/c1-2-19-12(18)11-10(15-17-16-11)7-3-4-8(6-13)9(14)5-7/h3-5H,2,6H2,1H3,(H,15,16,17). The van der Waals surface area contributed by atoms with Crippen LogP contribution >= 0.6 is 15.9 Å². The minimum Gasteiger partial charge on any atom is -0.461 e. The zero-order chi connectivity index (χ0) is 13.8. The Balaban J connectivity index is 2.40. The summed E-state index contributed by atoms with van der Waals surface area (Å²) in [7, 11) is 0. The summed E-state index contributed by atoms with van der Waals surface area (Å²) < 4.78 is 18.6. The van der Waals surface area contributed by atoms with Crippen LogP contribution in [-0.4, -0.2) is 28.0 Å². The highest BCUT2D eigenvalue weighted by atomic mass is 79.9. The van der Waals surface area contributed by atoms with Gasteiger partial charge in [-0.2, -0.15) is 10.3 Å². The number of nitrogens with zero attached hydrogens (tertiary/aromatic N) is 2. The number of halogens is 2. The number of aromatic amines is 1. The lowest BCUT2D eigenvalue weighted by Crippen LogP contribution is -2.06. The number of carbonyl (C=O) groups is 1. The van der Waals surface area contributed by atoms with E-state index in [1.165, 1.54) is 6.07 Å². The number of hydrogen-bond acceptors (Lipinski definition) is 4. The third-order valence-electron chi connectivity index (χ3n) is 2.49. The molecule has 1 N–H and O–H groups in total. The van der Waals surface area contributed by atoms with Crippen LogP contribution in [0, 0.1) is 5.82 Å². The quantitative estimate of drug-likeness (QED) is 0.692. The molecular weight excluding hydrogens is 317 g/mol. The largest absolute Gasteiger partial charge is 0.461 e. The van der Waals surface area contributed by atoms with Gasteiger partial charge in [0.25, 0.3) is 0 Å². The summed E-state index contributed by atoms with van der Waals surface area (Å²) in [5.41, 5.74) is 1.33. The molecular formula is C12H11BrFN3O2. The molecule has 0 saturated heterocycles. The van der Waals surface area contributed by atoms with Crippen molar-refractivity contribution in [3.63, 3.8) is 0 Å². The van der Waals surface area contributed by atoms with Gasteiger partial charge in [0.05, 0.1) is 6.61 Å². The van der Waals surface area contributed by atoms with Crippen LogP contribution in [0.5, 0.6) is 0 Å². The number of carbonyl (C=O) groups excluding carboxylic acids is 1. The van der Waals surface area contributed by atoms with Gasteiger partial charge in [-0.25, -0.2) is 9.18 Å². The van der Waals surface area contributed by atoms with Gasteiger partial charge in [-0.15, -0.1) is 5.10 Å². The maximum atomic E-state index is 13.7. The number of alkyl halides is 1. The third-order valence-corrected chi connectivity index (χ3v) is 3.09. The smallest absolute Gasteiger partial charge is 0.361 e. The third kappa shape index (κ3) is 2.81. The number of aromatic nitrogens is 3. The summed E-state index contributed by atoms with van der Waals surface area (Å²) in [5.74, 6) is -0.955. The Hall–Kier alpha value is -1.76. The zero-order valence-corrected chi connectivity index (χ0v) is 11.7. The van der Waals surface area contributed by atoms with Gasteiger partial charge < -0.3 is 4.74 Å². The Kier molecular flexibility index (Phi) is 4.26. The van der Waals surface area contributed by atoms with Crippen LogP contribution in [-0.2, 0) is 10.1 Å². The molecule has 5 nitrogen and oxygen atoms in total.